The summed E-state index contributed by atoms with van der Waals surface area (Å²) < 4.78 is 58.3. The van der Waals surface area contributed by atoms with E-state index in [9.17, 15) is 22.0 Å². The van der Waals surface area contributed by atoms with E-state index in [0.29, 0.717) is 22.5 Å². The lowest BCUT2D eigenvalue weighted by molar-refractivity contribution is -0.118. The highest BCUT2D eigenvalue weighted by atomic mass is 35.5. The third kappa shape index (κ3) is 5.50. The van der Waals surface area contributed by atoms with E-state index >= 15 is 0 Å². The van der Waals surface area contributed by atoms with Crippen molar-refractivity contribution in [2.45, 2.75) is 4.90 Å². The minimum Gasteiger partial charge on any atom is -0.484 e. The lowest BCUT2D eigenvalue weighted by Crippen LogP contribution is -2.26. The fourth-order valence-electron chi connectivity index (χ4n) is 2.58. The molecule has 0 radical (unpaired) electrons. The van der Waals surface area contributed by atoms with Crippen molar-refractivity contribution >= 4 is 38.9 Å². The number of benzene rings is 3. The summed E-state index contributed by atoms with van der Waals surface area (Å²) in [5.41, 5.74) is 0.208. The molecular weight excluding hydrogens is 450 g/mol. The lowest BCUT2D eigenvalue weighted by Gasteiger charge is -2.20. The first-order chi connectivity index (χ1) is 14.7. The zero-order valence-corrected chi connectivity index (χ0v) is 17.8. The highest BCUT2D eigenvalue weighted by molar-refractivity contribution is 7.92. The number of hydrogen-bond acceptors (Lipinski definition) is 4. The van der Waals surface area contributed by atoms with Crippen molar-refractivity contribution in [3.8, 4) is 5.75 Å². The Morgan fingerprint density at radius 3 is 2.29 bits per heavy atom. The molecule has 3 aromatic rings. The molecule has 0 unspecified atom stereocenters. The topological polar surface area (TPSA) is 75.7 Å². The van der Waals surface area contributed by atoms with Crippen LogP contribution in [0.25, 0.3) is 0 Å². The quantitative estimate of drug-likeness (QED) is 0.557. The second kappa shape index (κ2) is 9.32. The van der Waals surface area contributed by atoms with Gasteiger partial charge in [0.1, 0.15) is 17.4 Å². The maximum absolute atomic E-state index is 13.6. The SMILES string of the molecule is CN(c1ccc(OCC(=O)Nc2ccc(F)cc2F)cc1)S(=O)(=O)c1ccc(Cl)cc1. The van der Waals surface area contributed by atoms with Crippen molar-refractivity contribution in [3.63, 3.8) is 0 Å². The van der Waals surface area contributed by atoms with Crippen LogP contribution < -0.4 is 14.4 Å². The van der Waals surface area contributed by atoms with Crippen molar-refractivity contribution in [1.29, 1.82) is 0 Å². The van der Waals surface area contributed by atoms with E-state index in [4.69, 9.17) is 16.3 Å². The van der Waals surface area contributed by atoms with Gasteiger partial charge in [-0.25, -0.2) is 17.2 Å². The van der Waals surface area contributed by atoms with E-state index < -0.39 is 34.2 Å². The first-order valence-electron chi connectivity index (χ1n) is 8.89. The first kappa shape index (κ1) is 22.5. The molecule has 162 valence electrons. The van der Waals surface area contributed by atoms with Crippen LogP contribution in [0.2, 0.25) is 5.02 Å². The number of rotatable bonds is 7. The van der Waals surface area contributed by atoms with Gasteiger partial charge in [-0.05, 0) is 60.7 Å². The van der Waals surface area contributed by atoms with Crippen molar-refractivity contribution in [2.24, 2.45) is 0 Å². The van der Waals surface area contributed by atoms with Gasteiger partial charge < -0.3 is 10.1 Å². The van der Waals surface area contributed by atoms with Gasteiger partial charge in [0.2, 0.25) is 0 Å². The van der Waals surface area contributed by atoms with Crippen LogP contribution in [-0.4, -0.2) is 28.0 Å². The normalized spacial score (nSPS) is 11.1. The number of carbonyl (C=O) groups is 1. The standard InChI is InChI=1S/C21H17ClF2N2O4S/c1-26(31(28,29)18-9-2-14(22)3-10-18)16-5-7-17(8-6-16)30-13-21(27)25-20-11-4-15(23)12-19(20)24/h2-12H,13H2,1H3,(H,25,27). The van der Waals surface area contributed by atoms with Gasteiger partial charge in [-0.1, -0.05) is 11.6 Å². The molecule has 6 nitrogen and oxygen atoms in total. The van der Waals surface area contributed by atoms with Crippen LogP contribution in [0, 0.1) is 11.6 Å². The van der Waals surface area contributed by atoms with Crippen LogP contribution in [-0.2, 0) is 14.8 Å². The number of nitrogens with zero attached hydrogens (tertiary/aromatic N) is 1. The summed E-state index contributed by atoms with van der Waals surface area (Å²) in [6.07, 6.45) is 0. The molecule has 3 aromatic carbocycles. The zero-order valence-electron chi connectivity index (χ0n) is 16.2. The highest BCUT2D eigenvalue weighted by Gasteiger charge is 2.21. The van der Waals surface area contributed by atoms with Gasteiger partial charge in [-0.15, -0.1) is 0 Å². The molecule has 0 spiro atoms. The minimum atomic E-state index is -3.78. The Morgan fingerprint density at radius 1 is 1.03 bits per heavy atom. The van der Waals surface area contributed by atoms with E-state index in [1.165, 1.54) is 55.6 Å². The second-order valence-electron chi connectivity index (χ2n) is 6.38. The smallest absolute Gasteiger partial charge is 0.264 e. The molecule has 0 aliphatic carbocycles. The number of ether oxygens (including phenoxy) is 1. The van der Waals surface area contributed by atoms with Gasteiger partial charge in [-0.3, -0.25) is 9.10 Å². The van der Waals surface area contributed by atoms with Gasteiger partial charge in [0, 0.05) is 18.1 Å². The Hall–Kier alpha value is -3.17. The van der Waals surface area contributed by atoms with Crippen LogP contribution >= 0.6 is 11.6 Å². The highest BCUT2D eigenvalue weighted by Crippen LogP contribution is 2.25. The molecule has 1 N–H and O–H groups in total. The predicted molar refractivity (Wildman–Crippen MR) is 114 cm³/mol. The Bertz CT molecular complexity index is 1190. The van der Waals surface area contributed by atoms with Crippen LogP contribution in [0.1, 0.15) is 0 Å². The number of halogens is 3. The molecule has 0 aliphatic rings. The summed E-state index contributed by atoms with van der Waals surface area (Å²) in [4.78, 5) is 12.0. The summed E-state index contributed by atoms with van der Waals surface area (Å²) in [5.74, 6) is -2.00. The summed E-state index contributed by atoms with van der Waals surface area (Å²) in [6, 6.07) is 14.6. The molecule has 1 amide bonds. The zero-order chi connectivity index (χ0) is 22.6. The number of anilines is 2. The monoisotopic (exact) mass is 466 g/mol. The summed E-state index contributed by atoms with van der Waals surface area (Å²) >= 11 is 5.80. The molecule has 0 fully saturated rings. The van der Waals surface area contributed by atoms with Crippen molar-refractivity contribution < 1.29 is 26.7 Å². The molecule has 3 rings (SSSR count). The molecule has 0 atom stereocenters. The van der Waals surface area contributed by atoms with E-state index in [2.05, 4.69) is 5.32 Å². The summed E-state index contributed by atoms with van der Waals surface area (Å²) in [5, 5.41) is 2.70. The lowest BCUT2D eigenvalue weighted by atomic mass is 10.3. The van der Waals surface area contributed by atoms with Crippen molar-refractivity contribution in [1.82, 2.24) is 0 Å². The Kier molecular flexibility index (Phi) is 6.77. The van der Waals surface area contributed by atoms with Gasteiger partial charge in [0.25, 0.3) is 15.9 Å². The van der Waals surface area contributed by atoms with E-state index in [1.54, 1.807) is 0 Å². The van der Waals surface area contributed by atoms with Gasteiger partial charge in [-0.2, -0.15) is 0 Å². The number of carbonyl (C=O) groups excluding carboxylic acids is 1. The van der Waals surface area contributed by atoms with Gasteiger partial charge in [0.15, 0.2) is 6.61 Å². The first-order valence-corrected chi connectivity index (χ1v) is 10.7. The molecule has 0 aliphatic heterocycles. The molecule has 31 heavy (non-hydrogen) atoms. The van der Waals surface area contributed by atoms with Crippen LogP contribution in [0.15, 0.2) is 71.6 Å². The Labute approximate surface area is 183 Å². The number of hydrogen-bond donors (Lipinski definition) is 1. The maximum Gasteiger partial charge on any atom is 0.264 e. The van der Waals surface area contributed by atoms with Crippen LogP contribution in [0.4, 0.5) is 20.2 Å². The minimum absolute atomic E-state index is 0.0874. The maximum atomic E-state index is 13.6. The third-order valence-corrected chi connectivity index (χ3v) is 6.30. The van der Waals surface area contributed by atoms with Crippen LogP contribution in [0.5, 0.6) is 5.75 Å². The molecule has 0 bridgehead atoms. The average molecular weight is 467 g/mol. The Morgan fingerprint density at radius 2 is 1.68 bits per heavy atom. The van der Waals surface area contributed by atoms with Crippen LogP contribution in [0.3, 0.4) is 0 Å². The number of sulfonamides is 1. The van der Waals surface area contributed by atoms with E-state index in [0.717, 1.165) is 16.4 Å². The molecule has 0 saturated carbocycles. The van der Waals surface area contributed by atoms with E-state index in [-0.39, 0.29) is 10.6 Å². The fraction of sp³-hybridized carbons (Fsp3) is 0.0952. The number of amides is 1. The number of nitrogens with one attached hydrogen (secondary N) is 1. The molecule has 0 heterocycles. The van der Waals surface area contributed by atoms with Crippen molar-refractivity contribution in [2.75, 3.05) is 23.3 Å². The molecule has 0 saturated heterocycles. The third-order valence-electron chi connectivity index (χ3n) is 4.25. The van der Waals surface area contributed by atoms with Gasteiger partial charge >= 0.3 is 0 Å². The summed E-state index contributed by atoms with van der Waals surface area (Å²) in [6.45, 7) is -0.422. The Balaban J connectivity index is 1.62. The second-order valence-corrected chi connectivity index (χ2v) is 8.79. The van der Waals surface area contributed by atoms with Gasteiger partial charge in [0.05, 0.1) is 16.3 Å². The fourth-order valence-corrected chi connectivity index (χ4v) is 3.90. The average Bonchev–Trinajstić information content (AvgIpc) is 2.74. The molecule has 10 heteroatoms. The van der Waals surface area contributed by atoms with E-state index in [1.807, 2.05) is 0 Å². The van der Waals surface area contributed by atoms with Crippen molar-refractivity contribution in [3.05, 3.63) is 83.4 Å². The predicted octanol–water partition coefficient (Wildman–Crippen LogP) is 4.46. The largest absolute Gasteiger partial charge is 0.484 e. The molecular formula is C21H17ClF2N2O4S. The molecule has 0 aromatic heterocycles. The summed E-state index contributed by atoms with van der Waals surface area (Å²) in [7, 11) is -2.37.